The summed E-state index contributed by atoms with van der Waals surface area (Å²) in [6.07, 6.45) is 3.39. The Bertz CT molecular complexity index is 811. The van der Waals surface area contributed by atoms with Gasteiger partial charge in [-0.25, -0.2) is 4.98 Å². The van der Waals surface area contributed by atoms with Gasteiger partial charge < -0.3 is 14.7 Å². The third-order valence-corrected chi connectivity index (χ3v) is 6.09. The molecule has 1 saturated heterocycles. The van der Waals surface area contributed by atoms with Gasteiger partial charge in [-0.3, -0.25) is 9.59 Å². The van der Waals surface area contributed by atoms with E-state index in [0.717, 1.165) is 17.8 Å². The van der Waals surface area contributed by atoms with E-state index < -0.39 is 5.41 Å². The minimum Gasteiger partial charge on any atom is -0.361 e. The molecule has 1 aliphatic heterocycles. The van der Waals surface area contributed by atoms with E-state index in [1.807, 2.05) is 31.1 Å². The number of nitrogens with one attached hydrogen (secondary N) is 1. The predicted molar refractivity (Wildman–Crippen MR) is 107 cm³/mol. The zero-order valence-electron chi connectivity index (χ0n) is 17.1. The fraction of sp³-hybridized carbons (Fsp3) is 0.600. The van der Waals surface area contributed by atoms with Crippen LogP contribution in [0.15, 0.2) is 16.1 Å². The molecule has 7 nitrogen and oxygen atoms in total. The zero-order chi connectivity index (χ0) is 20.5. The van der Waals surface area contributed by atoms with Crippen LogP contribution in [0.5, 0.6) is 0 Å². The van der Waals surface area contributed by atoms with Crippen molar-refractivity contribution in [2.24, 2.45) is 11.3 Å². The Balaban J connectivity index is 1.70. The van der Waals surface area contributed by atoms with E-state index in [1.54, 1.807) is 31.4 Å². The first-order valence-electron chi connectivity index (χ1n) is 9.61. The monoisotopic (exact) mass is 404 g/mol. The second kappa shape index (κ2) is 8.03. The summed E-state index contributed by atoms with van der Waals surface area (Å²) in [4.78, 5) is 31.8. The van der Waals surface area contributed by atoms with Gasteiger partial charge in [0, 0.05) is 30.1 Å². The van der Waals surface area contributed by atoms with Gasteiger partial charge in [-0.2, -0.15) is 0 Å². The smallest absolute Gasteiger partial charge is 0.259 e. The highest BCUT2D eigenvalue weighted by atomic mass is 32.1. The molecule has 3 rings (SSSR count). The Kier molecular flexibility index (Phi) is 5.88. The number of hydrogen-bond donors (Lipinski definition) is 1. The lowest BCUT2D eigenvalue weighted by molar-refractivity contribution is -0.129. The van der Waals surface area contributed by atoms with Crippen molar-refractivity contribution in [3.63, 3.8) is 0 Å². The first-order valence-corrected chi connectivity index (χ1v) is 10.5. The topological polar surface area (TPSA) is 88.3 Å². The maximum atomic E-state index is 12.9. The van der Waals surface area contributed by atoms with Crippen LogP contribution >= 0.6 is 11.3 Å². The van der Waals surface area contributed by atoms with E-state index in [1.165, 1.54) is 0 Å². The molecule has 0 unspecified atom stereocenters. The van der Waals surface area contributed by atoms with Crippen molar-refractivity contribution in [2.45, 2.75) is 53.5 Å². The molecule has 0 spiro atoms. The van der Waals surface area contributed by atoms with Crippen molar-refractivity contribution in [2.75, 3.05) is 13.1 Å². The molecule has 8 heteroatoms. The van der Waals surface area contributed by atoms with E-state index in [4.69, 9.17) is 4.52 Å². The van der Waals surface area contributed by atoms with Crippen LogP contribution in [-0.2, 0) is 4.79 Å². The molecule has 1 atom stereocenters. The van der Waals surface area contributed by atoms with Gasteiger partial charge in [0.25, 0.3) is 5.91 Å². The van der Waals surface area contributed by atoms with Gasteiger partial charge in [-0.15, -0.1) is 11.3 Å². The third-order valence-electron chi connectivity index (χ3n) is 5.23. The van der Waals surface area contributed by atoms with Gasteiger partial charge in [0.15, 0.2) is 0 Å². The molecule has 3 heterocycles. The van der Waals surface area contributed by atoms with Gasteiger partial charge in [-0.1, -0.05) is 25.9 Å². The number of carbonyl (C=O) groups excluding carboxylic acids is 2. The molecular formula is C20H28N4O3S. The molecule has 2 amide bonds. The second-order valence-electron chi connectivity index (χ2n) is 8.40. The van der Waals surface area contributed by atoms with Crippen LogP contribution in [0.2, 0.25) is 0 Å². The minimum atomic E-state index is -0.463. The standard InChI is InChI=1S/C20H28N4O3S/c1-12-15(13(2)27-23-12)18(25)24-9-6-14(7-10-24)16(17-21-8-11-28-17)22-19(26)20(3,4)5/h8,11,14,16H,6-7,9-10H2,1-5H3,(H,22,26)/t16-/m1/s1. The van der Waals surface area contributed by atoms with Crippen molar-refractivity contribution < 1.29 is 14.1 Å². The molecule has 2 aromatic heterocycles. The summed E-state index contributed by atoms with van der Waals surface area (Å²) >= 11 is 1.56. The van der Waals surface area contributed by atoms with Crippen molar-refractivity contribution in [3.05, 3.63) is 33.6 Å². The number of aryl methyl sites for hydroxylation is 2. The van der Waals surface area contributed by atoms with Crippen LogP contribution in [0.4, 0.5) is 0 Å². The largest absolute Gasteiger partial charge is 0.361 e. The average molecular weight is 405 g/mol. The number of hydrogen-bond acceptors (Lipinski definition) is 6. The van der Waals surface area contributed by atoms with Gasteiger partial charge in [0.2, 0.25) is 5.91 Å². The third kappa shape index (κ3) is 4.27. The van der Waals surface area contributed by atoms with Crippen molar-refractivity contribution in [3.8, 4) is 0 Å². The first kappa shape index (κ1) is 20.5. The molecule has 28 heavy (non-hydrogen) atoms. The fourth-order valence-corrected chi connectivity index (χ4v) is 4.29. The Hall–Kier alpha value is -2.22. The first-order chi connectivity index (χ1) is 13.2. The van der Waals surface area contributed by atoms with Crippen LogP contribution in [0.1, 0.15) is 66.5 Å². The second-order valence-corrected chi connectivity index (χ2v) is 9.33. The van der Waals surface area contributed by atoms with Crippen LogP contribution in [0.25, 0.3) is 0 Å². The van der Waals surface area contributed by atoms with Gasteiger partial charge in [0.1, 0.15) is 16.3 Å². The maximum Gasteiger partial charge on any atom is 0.259 e. The molecule has 1 aliphatic rings. The van der Waals surface area contributed by atoms with Gasteiger partial charge >= 0.3 is 0 Å². The highest BCUT2D eigenvalue weighted by molar-refractivity contribution is 7.09. The van der Waals surface area contributed by atoms with Crippen LogP contribution in [-0.4, -0.2) is 39.9 Å². The van der Waals surface area contributed by atoms with E-state index in [9.17, 15) is 9.59 Å². The number of likely N-dealkylation sites (tertiary alicyclic amines) is 1. The Morgan fingerprint density at radius 3 is 2.46 bits per heavy atom. The molecular weight excluding hydrogens is 376 g/mol. The Morgan fingerprint density at radius 1 is 1.29 bits per heavy atom. The average Bonchev–Trinajstić information content (AvgIpc) is 3.28. The number of piperidine rings is 1. The lowest BCUT2D eigenvalue weighted by Gasteiger charge is -2.36. The van der Waals surface area contributed by atoms with Crippen molar-refractivity contribution >= 4 is 23.2 Å². The minimum absolute atomic E-state index is 0.0157. The predicted octanol–water partition coefficient (Wildman–Crippen LogP) is 3.50. The summed E-state index contributed by atoms with van der Waals surface area (Å²) in [7, 11) is 0. The summed E-state index contributed by atoms with van der Waals surface area (Å²) in [6.45, 7) is 10.6. The molecule has 1 fully saturated rings. The normalized spacial score (nSPS) is 16.8. The molecule has 0 saturated carbocycles. The highest BCUT2D eigenvalue weighted by Crippen LogP contribution is 2.33. The van der Waals surface area contributed by atoms with E-state index >= 15 is 0 Å². The SMILES string of the molecule is Cc1noc(C)c1C(=O)N1CCC([C@@H](NC(=O)C(C)(C)C)c2nccs2)CC1. The van der Waals surface area contributed by atoms with E-state index in [2.05, 4.69) is 15.5 Å². The Morgan fingerprint density at radius 2 is 1.96 bits per heavy atom. The summed E-state index contributed by atoms with van der Waals surface area (Å²) < 4.78 is 5.14. The molecule has 1 N–H and O–H groups in total. The number of amides is 2. The number of aromatic nitrogens is 2. The molecule has 0 aromatic carbocycles. The summed E-state index contributed by atoms with van der Waals surface area (Å²) in [5.74, 6) is 0.787. The van der Waals surface area contributed by atoms with Gasteiger partial charge in [0.05, 0.1) is 11.7 Å². The number of thiazole rings is 1. The molecule has 0 bridgehead atoms. The summed E-state index contributed by atoms with van der Waals surface area (Å²) in [6, 6.07) is -0.122. The van der Waals surface area contributed by atoms with Crippen molar-refractivity contribution in [1.82, 2.24) is 20.4 Å². The van der Waals surface area contributed by atoms with Crippen LogP contribution in [0.3, 0.4) is 0 Å². The maximum absolute atomic E-state index is 12.9. The van der Waals surface area contributed by atoms with E-state index in [0.29, 0.717) is 30.1 Å². The van der Waals surface area contributed by atoms with Crippen LogP contribution < -0.4 is 5.32 Å². The quantitative estimate of drug-likeness (QED) is 0.842. The van der Waals surface area contributed by atoms with E-state index in [-0.39, 0.29) is 23.8 Å². The van der Waals surface area contributed by atoms with Gasteiger partial charge in [-0.05, 0) is 32.6 Å². The number of nitrogens with zero attached hydrogens (tertiary/aromatic N) is 3. The summed E-state index contributed by atoms with van der Waals surface area (Å²) in [5.41, 5.74) is 0.730. The molecule has 0 aliphatic carbocycles. The molecule has 2 aromatic rings. The lowest BCUT2D eigenvalue weighted by Crippen LogP contribution is -2.45. The lowest BCUT2D eigenvalue weighted by atomic mass is 9.87. The number of carbonyl (C=O) groups is 2. The molecule has 152 valence electrons. The Labute approximate surface area is 169 Å². The molecule has 0 radical (unpaired) electrons. The number of rotatable bonds is 4. The van der Waals surface area contributed by atoms with Crippen molar-refractivity contribution in [1.29, 1.82) is 0 Å². The fourth-order valence-electron chi connectivity index (χ4n) is 3.51. The van der Waals surface area contributed by atoms with Crippen LogP contribution in [0, 0.1) is 25.2 Å². The zero-order valence-corrected chi connectivity index (χ0v) is 17.9. The summed E-state index contributed by atoms with van der Waals surface area (Å²) in [5, 5.41) is 9.94. The highest BCUT2D eigenvalue weighted by Gasteiger charge is 2.35.